The predicted molar refractivity (Wildman–Crippen MR) is 89.9 cm³/mol. The Balaban J connectivity index is 1.73. The molecule has 0 atom stereocenters. The summed E-state index contributed by atoms with van der Waals surface area (Å²) < 4.78 is 0. The zero-order valence-electron chi connectivity index (χ0n) is 11.4. The zero-order chi connectivity index (χ0) is 15.4. The molecule has 0 spiro atoms. The fourth-order valence-electron chi connectivity index (χ4n) is 1.84. The van der Waals surface area contributed by atoms with Crippen molar-refractivity contribution in [1.82, 2.24) is 4.98 Å². The van der Waals surface area contributed by atoms with Crippen LogP contribution in [0.15, 0.2) is 53.2 Å². The number of carbonyl (C=O) groups excluding carboxylic acids is 1. The molecule has 22 heavy (non-hydrogen) atoms. The first-order chi connectivity index (χ1) is 10.8. The van der Waals surface area contributed by atoms with Crippen LogP contribution in [-0.4, -0.2) is 10.8 Å². The van der Waals surface area contributed by atoms with E-state index in [-0.39, 0.29) is 5.78 Å². The van der Waals surface area contributed by atoms with Gasteiger partial charge in [-0.3, -0.25) is 4.79 Å². The van der Waals surface area contributed by atoms with Gasteiger partial charge in [0.1, 0.15) is 5.01 Å². The van der Waals surface area contributed by atoms with E-state index in [4.69, 9.17) is 5.26 Å². The summed E-state index contributed by atoms with van der Waals surface area (Å²) in [6, 6.07) is 12.6. The first kappa shape index (κ1) is 14.4. The minimum absolute atomic E-state index is 0.102. The molecule has 2 aromatic heterocycles. The van der Waals surface area contributed by atoms with E-state index in [1.807, 2.05) is 29.0 Å². The van der Waals surface area contributed by atoms with Crippen LogP contribution in [-0.2, 0) is 0 Å². The molecular weight excluding hydrogens is 312 g/mol. The second kappa shape index (κ2) is 6.48. The summed E-state index contributed by atoms with van der Waals surface area (Å²) in [4.78, 5) is 17.7. The predicted octanol–water partition coefficient (Wildman–Crippen LogP) is 4.64. The Kier molecular flexibility index (Phi) is 4.24. The Labute approximate surface area is 135 Å². The lowest BCUT2D eigenvalue weighted by atomic mass is 10.1. The number of hydrogen-bond donors (Lipinski definition) is 0. The maximum absolute atomic E-state index is 12.1. The summed E-state index contributed by atoms with van der Waals surface area (Å²) in [7, 11) is 0. The highest BCUT2D eigenvalue weighted by Crippen LogP contribution is 2.28. The normalized spacial score (nSPS) is 10.7. The molecule has 0 aliphatic rings. The lowest BCUT2D eigenvalue weighted by Crippen LogP contribution is -1.93. The highest BCUT2D eigenvalue weighted by atomic mass is 32.1. The van der Waals surface area contributed by atoms with Crippen LogP contribution >= 0.6 is 22.7 Å². The molecule has 0 bridgehead atoms. The van der Waals surface area contributed by atoms with Crippen molar-refractivity contribution in [1.29, 1.82) is 5.26 Å². The van der Waals surface area contributed by atoms with Crippen LogP contribution in [0.4, 0.5) is 0 Å². The summed E-state index contributed by atoms with van der Waals surface area (Å²) in [5, 5.41) is 13.6. The van der Waals surface area contributed by atoms with Crippen molar-refractivity contribution < 1.29 is 4.79 Å². The van der Waals surface area contributed by atoms with Gasteiger partial charge in [-0.15, -0.1) is 22.7 Å². The van der Waals surface area contributed by atoms with Crippen LogP contribution < -0.4 is 0 Å². The smallest absolute Gasteiger partial charge is 0.185 e. The van der Waals surface area contributed by atoms with Crippen molar-refractivity contribution in [3.05, 3.63) is 70.1 Å². The van der Waals surface area contributed by atoms with Crippen molar-refractivity contribution in [2.24, 2.45) is 0 Å². The van der Waals surface area contributed by atoms with Gasteiger partial charge in [-0.1, -0.05) is 6.07 Å². The average molecular weight is 322 g/mol. The van der Waals surface area contributed by atoms with Crippen molar-refractivity contribution in [2.75, 3.05) is 0 Å². The molecule has 0 saturated carbocycles. The van der Waals surface area contributed by atoms with E-state index >= 15 is 0 Å². The minimum Gasteiger partial charge on any atom is -0.289 e. The number of rotatable bonds is 4. The highest BCUT2D eigenvalue weighted by Gasteiger charge is 2.05. The van der Waals surface area contributed by atoms with Crippen LogP contribution in [0.5, 0.6) is 0 Å². The number of nitriles is 1. The summed E-state index contributed by atoms with van der Waals surface area (Å²) in [5.74, 6) is -0.102. The molecule has 0 N–H and O–H groups in total. The van der Waals surface area contributed by atoms with Gasteiger partial charge in [0.15, 0.2) is 5.78 Å². The molecule has 0 fully saturated rings. The lowest BCUT2D eigenvalue weighted by molar-refractivity contribution is 0.104. The SMILES string of the molecule is N#Cc1ccc(C(=O)C=Cc2csc(-c3cccs3)n2)cc1. The molecule has 5 heteroatoms. The van der Waals surface area contributed by atoms with Gasteiger partial charge in [0, 0.05) is 10.9 Å². The molecule has 3 rings (SSSR count). The summed E-state index contributed by atoms with van der Waals surface area (Å²) >= 11 is 3.21. The molecule has 1 aromatic carbocycles. The second-order valence-corrected chi connectivity index (χ2v) is 6.25. The van der Waals surface area contributed by atoms with E-state index in [1.54, 1.807) is 53.0 Å². The molecule has 0 aliphatic heterocycles. The molecule has 0 radical (unpaired) electrons. The molecule has 3 aromatic rings. The van der Waals surface area contributed by atoms with E-state index in [0.29, 0.717) is 11.1 Å². The number of allylic oxidation sites excluding steroid dienone is 1. The van der Waals surface area contributed by atoms with Gasteiger partial charge in [-0.25, -0.2) is 4.98 Å². The molecule has 106 valence electrons. The molecule has 0 aliphatic carbocycles. The van der Waals surface area contributed by atoms with E-state index in [0.717, 1.165) is 15.6 Å². The fraction of sp³-hybridized carbons (Fsp3) is 0. The first-order valence-electron chi connectivity index (χ1n) is 6.48. The fourth-order valence-corrected chi connectivity index (χ4v) is 3.44. The maximum Gasteiger partial charge on any atom is 0.185 e. The largest absolute Gasteiger partial charge is 0.289 e. The third-order valence-corrected chi connectivity index (χ3v) is 4.86. The van der Waals surface area contributed by atoms with Crippen molar-refractivity contribution >= 4 is 34.5 Å². The summed E-state index contributed by atoms with van der Waals surface area (Å²) in [6.07, 6.45) is 3.22. The van der Waals surface area contributed by atoms with Gasteiger partial charge in [0.25, 0.3) is 0 Å². The van der Waals surface area contributed by atoms with E-state index in [9.17, 15) is 4.79 Å². The van der Waals surface area contributed by atoms with Gasteiger partial charge >= 0.3 is 0 Å². The summed E-state index contributed by atoms with van der Waals surface area (Å²) in [6.45, 7) is 0. The number of thiophene rings is 1. The van der Waals surface area contributed by atoms with Gasteiger partial charge in [0.05, 0.1) is 22.2 Å². The Morgan fingerprint density at radius 1 is 1.18 bits per heavy atom. The van der Waals surface area contributed by atoms with Crippen molar-refractivity contribution in [2.45, 2.75) is 0 Å². The van der Waals surface area contributed by atoms with Gasteiger partial charge in [-0.2, -0.15) is 5.26 Å². The van der Waals surface area contributed by atoms with Crippen molar-refractivity contribution in [3.63, 3.8) is 0 Å². The Hall–Kier alpha value is -2.55. The van der Waals surface area contributed by atoms with Crippen molar-refractivity contribution in [3.8, 4) is 16.0 Å². The third kappa shape index (κ3) is 3.19. The van der Waals surface area contributed by atoms with E-state index < -0.39 is 0 Å². The van der Waals surface area contributed by atoms with Gasteiger partial charge < -0.3 is 0 Å². The molecule has 2 heterocycles. The van der Waals surface area contributed by atoms with Crippen LogP contribution in [0.25, 0.3) is 16.0 Å². The number of thiazole rings is 1. The number of aromatic nitrogens is 1. The van der Waals surface area contributed by atoms with E-state index in [2.05, 4.69) is 4.98 Å². The van der Waals surface area contributed by atoms with E-state index in [1.165, 1.54) is 6.08 Å². The quantitative estimate of drug-likeness (QED) is 0.519. The maximum atomic E-state index is 12.1. The van der Waals surface area contributed by atoms with Gasteiger partial charge in [0.2, 0.25) is 0 Å². The number of nitrogens with zero attached hydrogens (tertiary/aromatic N) is 2. The molecule has 0 amide bonds. The number of benzene rings is 1. The Morgan fingerprint density at radius 3 is 2.68 bits per heavy atom. The minimum atomic E-state index is -0.102. The number of carbonyl (C=O) groups is 1. The standard InChI is InChI=1S/C17H10N2OS2/c18-10-12-3-5-13(6-4-12)15(20)8-7-14-11-22-17(19-14)16-2-1-9-21-16/h1-9,11H. The van der Waals surface area contributed by atoms with Crippen LogP contribution in [0.2, 0.25) is 0 Å². The third-order valence-electron chi connectivity index (χ3n) is 2.96. The average Bonchev–Trinajstić information content (AvgIpc) is 3.23. The first-order valence-corrected chi connectivity index (χ1v) is 8.24. The zero-order valence-corrected chi connectivity index (χ0v) is 13.0. The highest BCUT2D eigenvalue weighted by molar-refractivity contribution is 7.20. The number of ketones is 1. The van der Waals surface area contributed by atoms with Crippen LogP contribution in [0.3, 0.4) is 0 Å². The second-order valence-electron chi connectivity index (χ2n) is 4.44. The number of hydrogen-bond acceptors (Lipinski definition) is 5. The molecular formula is C17H10N2OS2. The molecule has 0 saturated heterocycles. The Morgan fingerprint density at radius 2 is 2.00 bits per heavy atom. The van der Waals surface area contributed by atoms with Crippen LogP contribution in [0, 0.1) is 11.3 Å². The topological polar surface area (TPSA) is 53.8 Å². The monoisotopic (exact) mass is 322 g/mol. The Bertz CT molecular complexity index is 853. The molecule has 3 nitrogen and oxygen atoms in total. The lowest BCUT2D eigenvalue weighted by Gasteiger charge is -1.95. The van der Waals surface area contributed by atoms with Crippen LogP contribution in [0.1, 0.15) is 21.6 Å². The molecule has 0 unspecified atom stereocenters. The van der Waals surface area contributed by atoms with Gasteiger partial charge in [-0.05, 0) is 47.9 Å². The summed E-state index contributed by atoms with van der Waals surface area (Å²) in [5.41, 5.74) is 1.87.